The quantitative estimate of drug-likeness (QED) is 0.662. The highest BCUT2D eigenvalue weighted by Crippen LogP contribution is 2.44. The fraction of sp³-hybridized carbons (Fsp3) is 0.409. The number of esters is 1. The van der Waals surface area contributed by atoms with Crippen molar-refractivity contribution in [3.05, 3.63) is 58.1 Å². The Balaban J connectivity index is 1.56. The molecule has 4 rings (SSSR count). The minimum absolute atomic E-state index is 0.0734. The highest BCUT2D eigenvalue weighted by molar-refractivity contribution is 5.71. The van der Waals surface area contributed by atoms with Crippen molar-refractivity contribution in [2.45, 2.75) is 44.4 Å². The molecule has 2 aromatic carbocycles. The number of halogens is 3. The second kappa shape index (κ2) is 7.28. The third kappa shape index (κ3) is 3.78. The van der Waals surface area contributed by atoms with Crippen LogP contribution in [-0.4, -0.2) is 19.7 Å². The van der Waals surface area contributed by atoms with Gasteiger partial charge in [0.2, 0.25) is 0 Å². The lowest BCUT2D eigenvalue weighted by Gasteiger charge is -2.18. The molecule has 1 heterocycles. The number of methoxy groups -OCH3 is 1. The van der Waals surface area contributed by atoms with Crippen molar-refractivity contribution in [3.8, 4) is 11.5 Å². The summed E-state index contributed by atoms with van der Waals surface area (Å²) in [6.07, 6.45) is -3.75. The van der Waals surface area contributed by atoms with Crippen molar-refractivity contribution >= 4 is 5.97 Å². The molecule has 4 nitrogen and oxygen atoms in total. The molecule has 0 N–H and O–H groups in total. The van der Waals surface area contributed by atoms with Gasteiger partial charge < -0.3 is 14.2 Å². The Kier molecular flexibility index (Phi) is 4.92. The maximum Gasteiger partial charge on any atom is 0.416 e. The van der Waals surface area contributed by atoms with Crippen molar-refractivity contribution in [2.75, 3.05) is 13.7 Å². The molecule has 0 amide bonds. The topological polar surface area (TPSA) is 44.8 Å². The Morgan fingerprint density at radius 1 is 1.21 bits per heavy atom. The van der Waals surface area contributed by atoms with Crippen LogP contribution >= 0.6 is 0 Å². The molecule has 2 aromatic rings. The lowest BCUT2D eigenvalue weighted by atomic mass is 9.98. The summed E-state index contributed by atoms with van der Waals surface area (Å²) in [6, 6.07) is 8.34. The van der Waals surface area contributed by atoms with Gasteiger partial charge in [-0.15, -0.1) is 0 Å². The van der Waals surface area contributed by atoms with Crippen molar-refractivity contribution in [1.82, 2.24) is 0 Å². The van der Waals surface area contributed by atoms with Crippen LogP contribution in [0.25, 0.3) is 0 Å². The molecule has 0 radical (unpaired) electrons. The van der Waals surface area contributed by atoms with Gasteiger partial charge in [-0.05, 0) is 43.0 Å². The molecule has 0 saturated heterocycles. The number of ether oxygens (including phenoxy) is 3. The molecular formula is C22H21F3O4. The molecule has 2 atom stereocenters. The van der Waals surface area contributed by atoms with Gasteiger partial charge in [0.1, 0.15) is 17.6 Å². The van der Waals surface area contributed by atoms with Gasteiger partial charge in [0.05, 0.1) is 25.7 Å². The molecule has 29 heavy (non-hydrogen) atoms. The second-order valence-electron chi connectivity index (χ2n) is 7.51. The fourth-order valence-corrected chi connectivity index (χ4v) is 4.16. The van der Waals surface area contributed by atoms with Crippen LogP contribution in [0.2, 0.25) is 0 Å². The van der Waals surface area contributed by atoms with Crippen LogP contribution < -0.4 is 9.47 Å². The van der Waals surface area contributed by atoms with E-state index in [1.54, 1.807) is 25.1 Å². The summed E-state index contributed by atoms with van der Waals surface area (Å²) in [5.74, 6) is 0.797. The molecule has 0 fully saturated rings. The van der Waals surface area contributed by atoms with E-state index in [0.29, 0.717) is 47.6 Å². The molecule has 0 saturated carbocycles. The minimum Gasteiger partial charge on any atom is -0.492 e. The zero-order valence-electron chi connectivity index (χ0n) is 16.1. The van der Waals surface area contributed by atoms with Crippen LogP contribution in [0.1, 0.15) is 52.7 Å². The Hall–Kier alpha value is -2.70. The summed E-state index contributed by atoms with van der Waals surface area (Å²) in [6.45, 7) is 2.05. The standard InChI is InChI=1S/C22H21F3O4/c1-12-7-17-16(18(8-12)22(23,24)25)5-6-19(17)29-14-3-4-15-13(9-21(26)27-2)11-28-20(15)10-14/h3-4,7-8,10,13,19H,5-6,9,11H2,1-2H3. The molecule has 2 unspecified atom stereocenters. The first-order valence-corrected chi connectivity index (χ1v) is 9.47. The lowest BCUT2D eigenvalue weighted by Crippen LogP contribution is -2.11. The third-order valence-electron chi connectivity index (χ3n) is 5.52. The Bertz CT molecular complexity index is 952. The fourth-order valence-electron chi connectivity index (χ4n) is 4.16. The Morgan fingerprint density at radius 2 is 2.00 bits per heavy atom. The van der Waals surface area contributed by atoms with E-state index >= 15 is 0 Å². The first-order chi connectivity index (χ1) is 13.8. The van der Waals surface area contributed by atoms with Crippen LogP contribution in [0, 0.1) is 6.92 Å². The number of benzene rings is 2. The number of carbonyl (C=O) groups is 1. The summed E-state index contributed by atoms with van der Waals surface area (Å²) >= 11 is 0. The van der Waals surface area contributed by atoms with E-state index < -0.39 is 17.8 Å². The first-order valence-electron chi connectivity index (χ1n) is 9.47. The van der Waals surface area contributed by atoms with E-state index in [1.807, 2.05) is 6.07 Å². The molecule has 7 heteroatoms. The van der Waals surface area contributed by atoms with Crippen molar-refractivity contribution in [3.63, 3.8) is 0 Å². The SMILES string of the molecule is COC(=O)CC1COc2cc(OC3CCc4c3cc(C)cc4C(F)(F)F)ccc21. The average Bonchev–Trinajstić information content (AvgIpc) is 3.24. The maximum atomic E-state index is 13.4. The Labute approximate surface area is 166 Å². The molecule has 154 valence electrons. The highest BCUT2D eigenvalue weighted by Gasteiger charge is 2.38. The zero-order valence-corrected chi connectivity index (χ0v) is 16.1. The first kappa shape index (κ1) is 19.6. The number of rotatable bonds is 4. The maximum absolute atomic E-state index is 13.4. The predicted molar refractivity (Wildman–Crippen MR) is 99.2 cm³/mol. The van der Waals surface area contributed by atoms with Gasteiger partial charge in [0, 0.05) is 17.5 Å². The molecule has 1 aliphatic heterocycles. The van der Waals surface area contributed by atoms with Crippen LogP contribution in [-0.2, 0) is 22.1 Å². The van der Waals surface area contributed by atoms with Gasteiger partial charge in [-0.1, -0.05) is 17.7 Å². The van der Waals surface area contributed by atoms with Gasteiger partial charge in [-0.25, -0.2) is 0 Å². The van der Waals surface area contributed by atoms with E-state index in [-0.39, 0.29) is 18.3 Å². The van der Waals surface area contributed by atoms with Crippen LogP contribution in [0.15, 0.2) is 30.3 Å². The Morgan fingerprint density at radius 3 is 2.72 bits per heavy atom. The molecule has 2 aliphatic rings. The largest absolute Gasteiger partial charge is 0.492 e. The van der Waals surface area contributed by atoms with Gasteiger partial charge >= 0.3 is 12.1 Å². The number of carbonyl (C=O) groups excluding carboxylic acids is 1. The van der Waals surface area contributed by atoms with E-state index in [0.717, 1.165) is 5.56 Å². The van der Waals surface area contributed by atoms with Crippen LogP contribution in [0.5, 0.6) is 11.5 Å². The van der Waals surface area contributed by atoms with E-state index in [2.05, 4.69) is 0 Å². The van der Waals surface area contributed by atoms with Crippen molar-refractivity contribution in [2.24, 2.45) is 0 Å². The van der Waals surface area contributed by atoms with E-state index in [1.165, 1.54) is 13.2 Å². The normalized spacial score (nSPS) is 20.0. The number of alkyl halides is 3. The molecule has 0 aromatic heterocycles. The summed E-state index contributed by atoms with van der Waals surface area (Å²) in [5, 5.41) is 0. The minimum atomic E-state index is -4.37. The summed E-state index contributed by atoms with van der Waals surface area (Å²) in [5.41, 5.74) is 1.83. The molecule has 1 aliphatic carbocycles. The lowest BCUT2D eigenvalue weighted by molar-refractivity contribution is -0.141. The smallest absolute Gasteiger partial charge is 0.416 e. The summed E-state index contributed by atoms with van der Waals surface area (Å²) in [7, 11) is 1.35. The number of aryl methyl sites for hydroxylation is 1. The van der Waals surface area contributed by atoms with E-state index in [9.17, 15) is 18.0 Å². The number of fused-ring (bicyclic) bond motifs is 2. The van der Waals surface area contributed by atoms with Crippen molar-refractivity contribution in [1.29, 1.82) is 0 Å². The monoisotopic (exact) mass is 406 g/mol. The van der Waals surface area contributed by atoms with Gasteiger partial charge in [-0.2, -0.15) is 13.2 Å². The van der Waals surface area contributed by atoms with E-state index in [4.69, 9.17) is 14.2 Å². The predicted octanol–water partition coefficient (Wildman–Crippen LogP) is 5.12. The highest BCUT2D eigenvalue weighted by atomic mass is 19.4. The van der Waals surface area contributed by atoms with Gasteiger partial charge in [0.25, 0.3) is 0 Å². The van der Waals surface area contributed by atoms with Gasteiger partial charge in [0.15, 0.2) is 0 Å². The zero-order chi connectivity index (χ0) is 20.8. The number of hydrogen-bond acceptors (Lipinski definition) is 4. The summed E-state index contributed by atoms with van der Waals surface area (Å²) < 4.78 is 56.6. The molecule has 0 bridgehead atoms. The average molecular weight is 406 g/mol. The third-order valence-corrected chi connectivity index (χ3v) is 5.52. The molecular weight excluding hydrogens is 385 g/mol. The second-order valence-corrected chi connectivity index (χ2v) is 7.51. The number of hydrogen-bond donors (Lipinski definition) is 0. The van der Waals surface area contributed by atoms with Crippen LogP contribution in [0.4, 0.5) is 13.2 Å². The summed E-state index contributed by atoms with van der Waals surface area (Å²) in [4.78, 5) is 11.5. The van der Waals surface area contributed by atoms with Crippen LogP contribution in [0.3, 0.4) is 0 Å². The van der Waals surface area contributed by atoms with Gasteiger partial charge in [-0.3, -0.25) is 4.79 Å². The van der Waals surface area contributed by atoms with Crippen molar-refractivity contribution < 1.29 is 32.2 Å². The molecule has 0 spiro atoms.